The fourth-order valence-electron chi connectivity index (χ4n) is 2.08. The molecule has 0 saturated heterocycles. The predicted octanol–water partition coefficient (Wildman–Crippen LogP) is 1.92. The maximum absolute atomic E-state index is 6.25. The Morgan fingerprint density at radius 2 is 2.19 bits per heavy atom. The van der Waals surface area contributed by atoms with Gasteiger partial charge < -0.3 is 10.3 Å². The molecule has 0 bridgehead atoms. The summed E-state index contributed by atoms with van der Waals surface area (Å²) < 4.78 is 5.22. The highest BCUT2D eigenvalue weighted by Gasteiger charge is 2.36. The molecule has 0 aromatic carbocycles. The van der Waals surface area contributed by atoms with E-state index in [1.54, 1.807) is 11.7 Å². The molecule has 16 heavy (non-hydrogen) atoms. The summed E-state index contributed by atoms with van der Waals surface area (Å²) in [6.07, 6.45) is 5.88. The average Bonchev–Trinajstić information content (AvgIpc) is 2.98. The largest absolute Gasteiger partial charge is 0.333 e. The van der Waals surface area contributed by atoms with Crippen LogP contribution in [-0.4, -0.2) is 15.1 Å². The van der Waals surface area contributed by atoms with Crippen LogP contribution < -0.4 is 5.73 Å². The van der Waals surface area contributed by atoms with Crippen LogP contribution in [0.4, 0.5) is 0 Å². The lowest BCUT2D eigenvalue weighted by Crippen LogP contribution is -2.34. The SMILES string of the molecule is NC1(c2noc(-c3cncs3)n2)CCCC1. The second kappa shape index (κ2) is 3.64. The van der Waals surface area contributed by atoms with E-state index < -0.39 is 0 Å². The summed E-state index contributed by atoms with van der Waals surface area (Å²) >= 11 is 1.48. The Bertz CT molecular complexity index is 473. The van der Waals surface area contributed by atoms with Crippen molar-refractivity contribution in [2.24, 2.45) is 5.73 Å². The monoisotopic (exact) mass is 236 g/mol. The van der Waals surface area contributed by atoms with E-state index in [0.29, 0.717) is 11.7 Å². The van der Waals surface area contributed by atoms with Crippen molar-refractivity contribution in [2.75, 3.05) is 0 Å². The molecule has 6 heteroatoms. The third-order valence-electron chi connectivity index (χ3n) is 3.01. The minimum atomic E-state index is -0.383. The molecule has 0 radical (unpaired) electrons. The number of hydrogen-bond acceptors (Lipinski definition) is 6. The van der Waals surface area contributed by atoms with E-state index in [1.807, 2.05) is 0 Å². The summed E-state index contributed by atoms with van der Waals surface area (Å²) in [6, 6.07) is 0. The summed E-state index contributed by atoms with van der Waals surface area (Å²) in [5, 5.41) is 3.99. The van der Waals surface area contributed by atoms with E-state index in [-0.39, 0.29) is 5.54 Å². The summed E-state index contributed by atoms with van der Waals surface area (Å²) in [4.78, 5) is 9.25. The zero-order valence-electron chi connectivity index (χ0n) is 8.72. The number of nitrogens with zero attached hydrogens (tertiary/aromatic N) is 3. The first-order chi connectivity index (χ1) is 7.78. The lowest BCUT2D eigenvalue weighted by atomic mass is 9.99. The van der Waals surface area contributed by atoms with Gasteiger partial charge in [0.25, 0.3) is 5.89 Å². The third-order valence-corrected chi connectivity index (χ3v) is 3.77. The Morgan fingerprint density at radius 1 is 1.38 bits per heavy atom. The van der Waals surface area contributed by atoms with Gasteiger partial charge in [-0.3, -0.25) is 4.98 Å². The van der Waals surface area contributed by atoms with Crippen LogP contribution in [0.2, 0.25) is 0 Å². The Labute approximate surface area is 96.7 Å². The lowest BCUT2D eigenvalue weighted by molar-refractivity contribution is 0.373. The number of nitrogens with two attached hydrogens (primary N) is 1. The van der Waals surface area contributed by atoms with Gasteiger partial charge in [0.15, 0.2) is 5.82 Å². The van der Waals surface area contributed by atoms with Crippen molar-refractivity contribution < 1.29 is 4.52 Å². The van der Waals surface area contributed by atoms with Gasteiger partial charge in [-0.25, -0.2) is 0 Å². The fraction of sp³-hybridized carbons (Fsp3) is 0.500. The number of thiazole rings is 1. The first-order valence-corrected chi connectivity index (χ1v) is 6.18. The molecule has 3 rings (SSSR count). The van der Waals surface area contributed by atoms with E-state index in [4.69, 9.17) is 10.3 Å². The zero-order valence-corrected chi connectivity index (χ0v) is 9.54. The van der Waals surface area contributed by atoms with Gasteiger partial charge in [-0.05, 0) is 12.8 Å². The molecule has 1 fully saturated rings. The molecule has 0 spiro atoms. The fourth-order valence-corrected chi connectivity index (χ4v) is 2.62. The van der Waals surface area contributed by atoms with Crippen molar-refractivity contribution >= 4 is 11.3 Å². The molecule has 84 valence electrons. The second-order valence-corrected chi connectivity index (χ2v) is 5.04. The molecule has 0 atom stereocenters. The maximum atomic E-state index is 6.25. The molecule has 5 nitrogen and oxygen atoms in total. The topological polar surface area (TPSA) is 77.8 Å². The van der Waals surface area contributed by atoms with E-state index in [9.17, 15) is 0 Å². The van der Waals surface area contributed by atoms with Gasteiger partial charge in [-0.15, -0.1) is 11.3 Å². The van der Waals surface area contributed by atoms with Crippen LogP contribution in [0.1, 0.15) is 31.5 Å². The normalized spacial score (nSPS) is 19.1. The molecule has 0 unspecified atom stereocenters. The van der Waals surface area contributed by atoms with Gasteiger partial charge in [0.2, 0.25) is 0 Å². The highest BCUT2D eigenvalue weighted by atomic mass is 32.1. The number of hydrogen-bond donors (Lipinski definition) is 1. The molecule has 2 heterocycles. The van der Waals surface area contributed by atoms with Gasteiger partial charge in [-0.1, -0.05) is 18.0 Å². The summed E-state index contributed by atoms with van der Waals surface area (Å²) in [7, 11) is 0. The minimum Gasteiger partial charge on any atom is -0.333 e. The second-order valence-electron chi connectivity index (χ2n) is 4.15. The van der Waals surface area contributed by atoms with Crippen LogP contribution in [0.5, 0.6) is 0 Å². The van der Waals surface area contributed by atoms with Crippen molar-refractivity contribution in [3.05, 3.63) is 17.5 Å². The predicted molar refractivity (Wildman–Crippen MR) is 59.7 cm³/mol. The van der Waals surface area contributed by atoms with Gasteiger partial charge in [-0.2, -0.15) is 4.98 Å². The molecular weight excluding hydrogens is 224 g/mol. The highest BCUT2D eigenvalue weighted by molar-refractivity contribution is 7.13. The van der Waals surface area contributed by atoms with Crippen LogP contribution >= 0.6 is 11.3 Å². The molecule has 1 aliphatic rings. The Morgan fingerprint density at radius 3 is 2.88 bits per heavy atom. The molecule has 1 saturated carbocycles. The number of rotatable bonds is 2. The van der Waals surface area contributed by atoms with Crippen molar-refractivity contribution in [1.29, 1.82) is 0 Å². The quantitative estimate of drug-likeness (QED) is 0.861. The molecule has 0 aliphatic heterocycles. The molecule has 2 N–H and O–H groups in total. The van der Waals surface area contributed by atoms with E-state index in [0.717, 1.165) is 30.6 Å². The van der Waals surface area contributed by atoms with Gasteiger partial charge in [0, 0.05) is 0 Å². The van der Waals surface area contributed by atoms with Gasteiger partial charge in [0.05, 0.1) is 17.2 Å². The van der Waals surface area contributed by atoms with Gasteiger partial charge in [0.1, 0.15) is 4.88 Å². The van der Waals surface area contributed by atoms with Gasteiger partial charge >= 0.3 is 0 Å². The Kier molecular flexibility index (Phi) is 2.26. The molecule has 2 aromatic rings. The van der Waals surface area contributed by atoms with Crippen molar-refractivity contribution in [3.8, 4) is 10.8 Å². The van der Waals surface area contributed by atoms with Crippen molar-refractivity contribution in [3.63, 3.8) is 0 Å². The van der Waals surface area contributed by atoms with E-state index in [1.165, 1.54) is 11.3 Å². The van der Waals surface area contributed by atoms with Crippen LogP contribution in [0.15, 0.2) is 16.2 Å². The summed E-state index contributed by atoms with van der Waals surface area (Å²) in [6.45, 7) is 0. The first-order valence-electron chi connectivity index (χ1n) is 5.30. The number of aromatic nitrogens is 3. The molecular formula is C10H12N4OS. The molecule has 0 amide bonds. The first kappa shape index (κ1) is 9.92. The Hall–Kier alpha value is -1.27. The summed E-state index contributed by atoms with van der Waals surface area (Å²) in [5.41, 5.74) is 7.61. The van der Waals surface area contributed by atoms with Crippen LogP contribution in [0, 0.1) is 0 Å². The smallest absolute Gasteiger partial charge is 0.269 e. The van der Waals surface area contributed by atoms with Crippen molar-refractivity contribution in [2.45, 2.75) is 31.2 Å². The lowest BCUT2D eigenvalue weighted by Gasteiger charge is -2.17. The molecule has 2 aromatic heterocycles. The highest BCUT2D eigenvalue weighted by Crippen LogP contribution is 2.35. The van der Waals surface area contributed by atoms with Crippen molar-refractivity contribution in [1.82, 2.24) is 15.1 Å². The minimum absolute atomic E-state index is 0.383. The van der Waals surface area contributed by atoms with E-state index >= 15 is 0 Å². The Balaban J connectivity index is 1.93. The standard InChI is InChI=1S/C10H12N4OS/c11-10(3-1-2-4-10)9-13-8(15-14-9)7-5-12-6-16-7/h5-6H,1-4,11H2. The van der Waals surface area contributed by atoms with E-state index in [2.05, 4.69) is 15.1 Å². The zero-order chi connectivity index (χ0) is 11.0. The van der Waals surface area contributed by atoms with Crippen LogP contribution in [-0.2, 0) is 5.54 Å². The van der Waals surface area contributed by atoms with Crippen LogP contribution in [0.3, 0.4) is 0 Å². The molecule has 1 aliphatic carbocycles. The average molecular weight is 236 g/mol. The third kappa shape index (κ3) is 1.54. The summed E-state index contributed by atoms with van der Waals surface area (Å²) in [5.74, 6) is 1.16. The van der Waals surface area contributed by atoms with Crippen LogP contribution in [0.25, 0.3) is 10.8 Å². The maximum Gasteiger partial charge on any atom is 0.269 e.